The van der Waals surface area contributed by atoms with Crippen molar-refractivity contribution >= 4 is 5.91 Å². The quantitative estimate of drug-likeness (QED) is 0.606. The lowest BCUT2D eigenvalue weighted by atomic mass is 10.1. The maximum Gasteiger partial charge on any atom is 0.390 e. The lowest BCUT2D eigenvalue weighted by Crippen LogP contribution is -2.30. The van der Waals surface area contributed by atoms with E-state index in [4.69, 9.17) is 4.74 Å². The van der Waals surface area contributed by atoms with Crippen molar-refractivity contribution in [2.45, 2.75) is 12.6 Å². The highest BCUT2D eigenvalue weighted by Crippen LogP contribution is 2.32. The second kappa shape index (κ2) is 8.38. The van der Waals surface area contributed by atoms with Crippen molar-refractivity contribution in [1.29, 1.82) is 0 Å². The molecular weight excluding hydrogens is 383 g/mol. The molecule has 1 aromatic heterocycles. The van der Waals surface area contributed by atoms with Crippen LogP contribution < -0.4 is 4.74 Å². The van der Waals surface area contributed by atoms with Crippen LogP contribution in [-0.4, -0.2) is 47.5 Å². The van der Waals surface area contributed by atoms with Crippen LogP contribution in [0.1, 0.15) is 16.8 Å². The molecule has 0 fully saturated rings. The molecule has 0 saturated carbocycles. The summed E-state index contributed by atoms with van der Waals surface area (Å²) < 4.78 is 44.7. The van der Waals surface area contributed by atoms with Crippen molar-refractivity contribution in [3.05, 3.63) is 66.4 Å². The maximum atomic E-state index is 13.0. The number of alkyl halides is 3. The van der Waals surface area contributed by atoms with E-state index in [-0.39, 0.29) is 5.56 Å². The van der Waals surface area contributed by atoms with Crippen LogP contribution >= 0.6 is 0 Å². The topological polar surface area (TPSA) is 47.4 Å². The molecule has 8 heteroatoms. The summed E-state index contributed by atoms with van der Waals surface area (Å²) in [5, 5.41) is 4.54. The van der Waals surface area contributed by atoms with Gasteiger partial charge >= 0.3 is 6.18 Å². The van der Waals surface area contributed by atoms with Gasteiger partial charge in [0.2, 0.25) is 0 Å². The van der Waals surface area contributed by atoms with Crippen LogP contribution in [0.2, 0.25) is 0 Å². The van der Waals surface area contributed by atoms with Gasteiger partial charge in [0.1, 0.15) is 11.4 Å². The molecule has 1 heterocycles. The molecule has 0 radical (unpaired) electrons. The van der Waals surface area contributed by atoms with Crippen LogP contribution in [0.15, 0.2) is 60.8 Å². The number of ether oxygens (including phenoxy) is 1. The Hall–Kier alpha value is -3.29. The second-order valence-electron chi connectivity index (χ2n) is 6.46. The smallest absolute Gasteiger partial charge is 0.390 e. The summed E-state index contributed by atoms with van der Waals surface area (Å²) in [5.74, 6) is -0.0323. The first kappa shape index (κ1) is 20.4. The van der Waals surface area contributed by atoms with Crippen LogP contribution in [0.3, 0.4) is 0 Å². The second-order valence-corrected chi connectivity index (χ2v) is 6.46. The largest absolute Gasteiger partial charge is 0.496 e. The molecule has 29 heavy (non-hydrogen) atoms. The van der Waals surface area contributed by atoms with E-state index in [9.17, 15) is 18.0 Å². The Kier molecular flexibility index (Phi) is 5.91. The SMILES string of the molecule is COc1ccccc1-c1nn(-c2ccccc2)cc1C(=O)N(C)CCC(F)(F)F. The highest BCUT2D eigenvalue weighted by Gasteiger charge is 2.29. The average molecular weight is 403 g/mol. The molecule has 152 valence electrons. The summed E-state index contributed by atoms with van der Waals surface area (Å²) >= 11 is 0. The van der Waals surface area contributed by atoms with E-state index < -0.39 is 25.0 Å². The van der Waals surface area contributed by atoms with Gasteiger partial charge in [-0.2, -0.15) is 18.3 Å². The van der Waals surface area contributed by atoms with E-state index in [2.05, 4.69) is 5.10 Å². The number of aromatic nitrogens is 2. The molecule has 1 amide bonds. The zero-order chi connectivity index (χ0) is 21.0. The lowest BCUT2D eigenvalue weighted by Gasteiger charge is -2.18. The normalized spacial score (nSPS) is 11.3. The Balaban J connectivity index is 2.05. The van der Waals surface area contributed by atoms with Gasteiger partial charge in [-0.05, 0) is 24.3 Å². The van der Waals surface area contributed by atoms with Gasteiger partial charge < -0.3 is 9.64 Å². The first-order chi connectivity index (χ1) is 13.8. The van der Waals surface area contributed by atoms with E-state index in [1.54, 1.807) is 24.3 Å². The molecular formula is C21H20F3N3O2. The van der Waals surface area contributed by atoms with Gasteiger partial charge in [-0.25, -0.2) is 4.68 Å². The van der Waals surface area contributed by atoms with Crippen molar-refractivity contribution in [2.24, 2.45) is 0 Å². The minimum Gasteiger partial charge on any atom is -0.496 e. The molecule has 2 aromatic carbocycles. The molecule has 0 N–H and O–H groups in total. The van der Waals surface area contributed by atoms with E-state index in [1.807, 2.05) is 30.3 Å². The molecule has 0 aliphatic rings. The first-order valence-electron chi connectivity index (χ1n) is 8.91. The number of methoxy groups -OCH3 is 1. The van der Waals surface area contributed by atoms with Crippen molar-refractivity contribution < 1.29 is 22.7 Å². The number of nitrogens with zero attached hydrogens (tertiary/aromatic N) is 3. The minimum atomic E-state index is -4.34. The lowest BCUT2D eigenvalue weighted by molar-refractivity contribution is -0.136. The number of carbonyl (C=O) groups excluding carboxylic acids is 1. The highest BCUT2D eigenvalue weighted by atomic mass is 19.4. The Morgan fingerprint density at radius 1 is 1.10 bits per heavy atom. The molecule has 0 aliphatic heterocycles. The van der Waals surface area contributed by atoms with Gasteiger partial charge in [0.25, 0.3) is 5.91 Å². The summed E-state index contributed by atoms with van der Waals surface area (Å²) in [4.78, 5) is 14.0. The minimum absolute atomic E-state index is 0.197. The van der Waals surface area contributed by atoms with Crippen LogP contribution in [0.25, 0.3) is 16.9 Å². The fourth-order valence-corrected chi connectivity index (χ4v) is 2.88. The van der Waals surface area contributed by atoms with Crippen molar-refractivity contribution in [1.82, 2.24) is 14.7 Å². The molecule has 0 unspecified atom stereocenters. The summed E-state index contributed by atoms with van der Waals surface area (Å²) in [6.45, 7) is -0.440. The molecule has 0 spiro atoms. The van der Waals surface area contributed by atoms with E-state index >= 15 is 0 Å². The maximum absolute atomic E-state index is 13.0. The molecule has 0 atom stereocenters. The molecule has 0 bridgehead atoms. The number of rotatable bonds is 6. The first-order valence-corrected chi connectivity index (χ1v) is 8.91. The van der Waals surface area contributed by atoms with Gasteiger partial charge in [-0.15, -0.1) is 0 Å². The monoisotopic (exact) mass is 403 g/mol. The van der Waals surface area contributed by atoms with Crippen molar-refractivity contribution in [3.63, 3.8) is 0 Å². The van der Waals surface area contributed by atoms with Gasteiger partial charge in [0.05, 0.1) is 24.8 Å². The average Bonchev–Trinajstić information content (AvgIpc) is 3.16. The predicted octanol–water partition coefficient (Wildman–Crippen LogP) is 4.57. The predicted molar refractivity (Wildman–Crippen MR) is 103 cm³/mol. The Morgan fingerprint density at radius 2 is 1.76 bits per heavy atom. The Bertz CT molecular complexity index is 984. The third kappa shape index (κ3) is 4.77. The van der Waals surface area contributed by atoms with Crippen molar-refractivity contribution in [2.75, 3.05) is 20.7 Å². The number of carbonyl (C=O) groups is 1. The number of halogens is 3. The van der Waals surface area contributed by atoms with Gasteiger partial charge in [0, 0.05) is 25.4 Å². The highest BCUT2D eigenvalue weighted by molar-refractivity contribution is 6.00. The van der Waals surface area contributed by atoms with Crippen LogP contribution in [0.4, 0.5) is 13.2 Å². The molecule has 5 nitrogen and oxygen atoms in total. The number of benzene rings is 2. The Labute approximate surface area is 166 Å². The zero-order valence-electron chi connectivity index (χ0n) is 16.0. The van der Waals surface area contributed by atoms with E-state index in [0.29, 0.717) is 17.0 Å². The molecule has 0 saturated heterocycles. The fourth-order valence-electron chi connectivity index (χ4n) is 2.88. The van der Waals surface area contributed by atoms with Crippen LogP contribution in [0.5, 0.6) is 5.75 Å². The summed E-state index contributed by atoms with van der Waals surface area (Å²) in [6, 6.07) is 16.2. The number of hydrogen-bond acceptors (Lipinski definition) is 3. The third-order valence-corrected chi connectivity index (χ3v) is 4.40. The molecule has 0 aliphatic carbocycles. The zero-order valence-corrected chi connectivity index (χ0v) is 16.0. The fraction of sp³-hybridized carbons (Fsp3) is 0.238. The molecule has 3 rings (SSSR count). The molecule has 3 aromatic rings. The van der Waals surface area contributed by atoms with E-state index in [1.165, 1.54) is 25.0 Å². The standard InChI is InChI=1S/C21H20F3N3O2/c1-26(13-12-21(22,23)24)20(28)17-14-27(15-8-4-3-5-9-15)25-19(17)16-10-6-7-11-18(16)29-2/h3-11,14H,12-13H2,1-2H3. The van der Waals surface area contributed by atoms with Crippen LogP contribution in [-0.2, 0) is 0 Å². The van der Waals surface area contributed by atoms with Gasteiger partial charge in [-0.3, -0.25) is 4.79 Å². The summed E-state index contributed by atoms with van der Waals surface area (Å²) in [5.41, 5.74) is 1.84. The van der Waals surface area contributed by atoms with Crippen LogP contribution in [0, 0.1) is 0 Å². The number of amides is 1. The van der Waals surface area contributed by atoms with Crippen molar-refractivity contribution in [3.8, 4) is 22.7 Å². The summed E-state index contributed by atoms with van der Waals surface area (Å²) in [7, 11) is 2.85. The van der Waals surface area contributed by atoms with Gasteiger partial charge in [-0.1, -0.05) is 30.3 Å². The number of hydrogen-bond donors (Lipinski definition) is 0. The van der Waals surface area contributed by atoms with Gasteiger partial charge in [0.15, 0.2) is 0 Å². The third-order valence-electron chi connectivity index (χ3n) is 4.40. The van der Waals surface area contributed by atoms with E-state index in [0.717, 1.165) is 10.6 Å². The summed E-state index contributed by atoms with van der Waals surface area (Å²) in [6.07, 6.45) is -3.89. The number of para-hydroxylation sites is 2. The Morgan fingerprint density at radius 3 is 2.41 bits per heavy atom.